The standard InChI is InChI=1S/C23H26ClNO2/c1-5-19(6-2)20-10-11-22(21(24)14-20)27-23-12-9-18(15-25-23)8-7-16(3)13-17(4)26/h5,7-12,14-16H,6,13H2,1-4H3/b8-7+,19-5+/t16-/m0/s1. The quantitative estimate of drug-likeness (QED) is 0.494. The molecule has 0 aliphatic rings. The van der Waals surface area contributed by atoms with E-state index in [1.54, 1.807) is 13.1 Å². The van der Waals surface area contributed by atoms with Gasteiger partial charge in [-0.05, 0) is 61.1 Å². The van der Waals surface area contributed by atoms with Crippen molar-refractivity contribution in [3.63, 3.8) is 0 Å². The van der Waals surface area contributed by atoms with Crippen LogP contribution < -0.4 is 4.74 Å². The van der Waals surface area contributed by atoms with E-state index < -0.39 is 0 Å². The number of ether oxygens (including phenoxy) is 1. The molecule has 0 amide bonds. The van der Waals surface area contributed by atoms with E-state index in [1.807, 2.05) is 56.3 Å². The molecule has 27 heavy (non-hydrogen) atoms. The molecule has 0 spiro atoms. The summed E-state index contributed by atoms with van der Waals surface area (Å²) in [5.74, 6) is 1.47. The molecule has 142 valence electrons. The first-order chi connectivity index (χ1) is 12.9. The minimum absolute atomic E-state index is 0.192. The van der Waals surface area contributed by atoms with E-state index in [9.17, 15) is 4.79 Å². The molecule has 0 saturated carbocycles. The highest BCUT2D eigenvalue weighted by molar-refractivity contribution is 6.32. The Bertz CT molecular complexity index is 838. The van der Waals surface area contributed by atoms with Gasteiger partial charge < -0.3 is 9.53 Å². The van der Waals surface area contributed by atoms with Crippen molar-refractivity contribution in [1.82, 2.24) is 4.98 Å². The van der Waals surface area contributed by atoms with E-state index in [1.165, 1.54) is 5.57 Å². The number of hydrogen-bond acceptors (Lipinski definition) is 3. The van der Waals surface area contributed by atoms with Crippen LogP contribution in [0.5, 0.6) is 11.6 Å². The molecule has 4 heteroatoms. The van der Waals surface area contributed by atoms with Crippen molar-refractivity contribution in [1.29, 1.82) is 0 Å². The van der Waals surface area contributed by atoms with Crippen molar-refractivity contribution in [2.45, 2.75) is 40.5 Å². The third-order valence-electron chi connectivity index (χ3n) is 4.23. The van der Waals surface area contributed by atoms with Gasteiger partial charge in [-0.3, -0.25) is 0 Å². The summed E-state index contributed by atoms with van der Waals surface area (Å²) in [4.78, 5) is 15.5. The smallest absolute Gasteiger partial charge is 0.219 e. The van der Waals surface area contributed by atoms with E-state index in [0.717, 1.165) is 17.5 Å². The number of benzene rings is 1. The van der Waals surface area contributed by atoms with E-state index in [-0.39, 0.29) is 11.7 Å². The molecule has 1 aromatic heterocycles. The Labute approximate surface area is 166 Å². The van der Waals surface area contributed by atoms with Crippen LogP contribution in [0, 0.1) is 5.92 Å². The Morgan fingerprint density at radius 3 is 2.63 bits per heavy atom. The average Bonchev–Trinajstić information content (AvgIpc) is 2.64. The zero-order chi connectivity index (χ0) is 19.8. The lowest BCUT2D eigenvalue weighted by atomic mass is 10.0. The first kappa shape index (κ1) is 20.9. The molecular formula is C23H26ClNO2. The fraction of sp³-hybridized carbons (Fsp3) is 0.304. The molecule has 1 heterocycles. The Morgan fingerprint density at radius 1 is 1.30 bits per heavy atom. The van der Waals surface area contributed by atoms with Crippen LogP contribution in [-0.2, 0) is 4.79 Å². The molecule has 0 aliphatic heterocycles. The molecule has 0 radical (unpaired) electrons. The monoisotopic (exact) mass is 383 g/mol. The lowest BCUT2D eigenvalue weighted by Gasteiger charge is -2.10. The first-order valence-corrected chi connectivity index (χ1v) is 9.57. The van der Waals surface area contributed by atoms with Gasteiger partial charge in [-0.1, -0.05) is 49.7 Å². The zero-order valence-corrected chi connectivity index (χ0v) is 17.1. The summed E-state index contributed by atoms with van der Waals surface area (Å²) in [5, 5.41) is 0.559. The van der Waals surface area contributed by atoms with E-state index in [4.69, 9.17) is 16.3 Å². The molecule has 0 N–H and O–H groups in total. The highest BCUT2D eigenvalue weighted by atomic mass is 35.5. The summed E-state index contributed by atoms with van der Waals surface area (Å²) in [7, 11) is 0. The second kappa shape index (κ2) is 10.1. The van der Waals surface area contributed by atoms with Gasteiger partial charge in [-0.15, -0.1) is 0 Å². The number of halogens is 1. The minimum Gasteiger partial charge on any atom is -0.437 e. The number of Topliss-reactive ketones (excluding diaryl/α,β-unsaturated/α-hetero) is 1. The number of carbonyl (C=O) groups excluding carboxylic acids is 1. The highest BCUT2D eigenvalue weighted by Crippen LogP contribution is 2.32. The van der Waals surface area contributed by atoms with Crippen molar-refractivity contribution < 1.29 is 9.53 Å². The van der Waals surface area contributed by atoms with Crippen LogP contribution in [0.25, 0.3) is 11.6 Å². The van der Waals surface area contributed by atoms with E-state index >= 15 is 0 Å². The lowest BCUT2D eigenvalue weighted by molar-refractivity contribution is -0.117. The van der Waals surface area contributed by atoms with Crippen LogP contribution in [-0.4, -0.2) is 10.8 Å². The van der Waals surface area contributed by atoms with Gasteiger partial charge >= 0.3 is 0 Å². The molecule has 0 unspecified atom stereocenters. The van der Waals surface area contributed by atoms with E-state index in [2.05, 4.69) is 18.0 Å². The summed E-state index contributed by atoms with van der Waals surface area (Å²) in [6.45, 7) is 7.77. The summed E-state index contributed by atoms with van der Waals surface area (Å²) >= 11 is 6.38. The number of nitrogens with zero attached hydrogens (tertiary/aromatic N) is 1. The maximum Gasteiger partial charge on any atom is 0.219 e. The number of allylic oxidation sites excluding steroid dienone is 3. The summed E-state index contributed by atoms with van der Waals surface area (Å²) in [6, 6.07) is 9.53. The van der Waals surface area contributed by atoms with Gasteiger partial charge in [0.1, 0.15) is 11.5 Å². The molecule has 1 atom stereocenters. The Kier molecular flexibility index (Phi) is 7.81. The topological polar surface area (TPSA) is 39.2 Å². The van der Waals surface area contributed by atoms with Crippen LogP contribution in [0.3, 0.4) is 0 Å². The van der Waals surface area contributed by atoms with Crippen LogP contribution in [0.15, 0.2) is 48.7 Å². The summed E-state index contributed by atoms with van der Waals surface area (Å²) in [5.41, 5.74) is 3.31. The SMILES string of the molecule is C/C=C(\CC)c1ccc(Oc2ccc(/C=C/[C@H](C)CC(C)=O)cn2)c(Cl)c1. The normalized spacial score (nSPS) is 13.0. The maximum atomic E-state index is 11.1. The largest absolute Gasteiger partial charge is 0.437 e. The fourth-order valence-electron chi connectivity index (χ4n) is 2.82. The molecule has 0 bridgehead atoms. The molecule has 2 rings (SSSR count). The van der Waals surface area contributed by atoms with Gasteiger partial charge in [0.05, 0.1) is 5.02 Å². The highest BCUT2D eigenvalue weighted by Gasteiger charge is 2.07. The molecular weight excluding hydrogens is 358 g/mol. The van der Waals surface area contributed by atoms with Gasteiger partial charge in [-0.25, -0.2) is 4.98 Å². The summed E-state index contributed by atoms with van der Waals surface area (Å²) in [6.07, 6.45) is 9.32. The molecule has 2 aromatic rings. The lowest BCUT2D eigenvalue weighted by Crippen LogP contribution is -1.97. The number of carbonyl (C=O) groups is 1. The third-order valence-corrected chi connectivity index (χ3v) is 4.53. The number of aromatic nitrogens is 1. The zero-order valence-electron chi connectivity index (χ0n) is 16.3. The van der Waals surface area contributed by atoms with Crippen LogP contribution >= 0.6 is 11.6 Å². The molecule has 1 aromatic carbocycles. The van der Waals surface area contributed by atoms with Gasteiger partial charge in [0.25, 0.3) is 0 Å². The van der Waals surface area contributed by atoms with Crippen LogP contribution in [0.2, 0.25) is 5.02 Å². The van der Waals surface area contributed by atoms with Crippen LogP contribution in [0.1, 0.15) is 51.7 Å². The van der Waals surface area contributed by atoms with Gasteiger partial charge in [-0.2, -0.15) is 0 Å². The predicted molar refractivity (Wildman–Crippen MR) is 113 cm³/mol. The minimum atomic E-state index is 0.192. The number of pyridine rings is 1. The van der Waals surface area contributed by atoms with Crippen LogP contribution in [0.4, 0.5) is 0 Å². The van der Waals surface area contributed by atoms with E-state index in [0.29, 0.717) is 23.1 Å². The molecule has 3 nitrogen and oxygen atoms in total. The fourth-order valence-corrected chi connectivity index (χ4v) is 3.04. The number of rotatable bonds is 8. The molecule has 0 saturated heterocycles. The van der Waals surface area contributed by atoms with Crippen molar-refractivity contribution in [3.05, 3.63) is 64.8 Å². The predicted octanol–water partition coefficient (Wildman–Crippen LogP) is 6.97. The van der Waals surface area contributed by atoms with Crippen molar-refractivity contribution in [2.75, 3.05) is 0 Å². The third kappa shape index (κ3) is 6.37. The number of ketones is 1. The second-order valence-electron chi connectivity index (χ2n) is 6.59. The maximum absolute atomic E-state index is 11.1. The first-order valence-electron chi connectivity index (χ1n) is 9.19. The Hall–Kier alpha value is -2.39. The van der Waals surface area contributed by atoms with Gasteiger partial charge in [0, 0.05) is 18.7 Å². The summed E-state index contributed by atoms with van der Waals surface area (Å²) < 4.78 is 5.81. The molecule has 0 aliphatic carbocycles. The van der Waals surface area contributed by atoms with Gasteiger partial charge in [0.2, 0.25) is 5.88 Å². The Morgan fingerprint density at radius 2 is 2.07 bits per heavy atom. The van der Waals surface area contributed by atoms with Crippen molar-refractivity contribution in [3.8, 4) is 11.6 Å². The van der Waals surface area contributed by atoms with Crippen molar-refractivity contribution >= 4 is 29.0 Å². The van der Waals surface area contributed by atoms with Gasteiger partial charge in [0.15, 0.2) is 0 Å². The second-order valence-corrected chi connectivity index (χ2v) is 6.99. The van der Waals surface area contributed by atoms with Crippen molar-refractivity contribution in [2.24, 2.45) is 5.92 Å². The molecule has 0 fully saturated rings. The number of hydrogen-bond donors (Lipinski definition) is 0. The Balaban J connectivity index is 2.06. The average molecular weight is 384 g/mol.